The van der Waals surface area contributed by atoms with E-state index in [1.54, 1.807) is 12.5 Å². The van der Waals surface area contributed by atoms with Gasteiger partial charge in [0.2, 0.25) is 0 Å². The van der Waals surface area contributed by atoms with E-state index in [1.165, 1.54) is 16.7 Å². The average molecular weight is 259 g/mol. The summed E-state index contributed by atoms with van der Waals surface area (Å²) in [5, 5.41) is 3.33. The number of benzene rings is 1. The maximum atomic E-state index is 5.88. The zero-order chi connectivity index (χ0) is 13.7. The fourth-order valence-corrected chi connectivity index (χ4v) is 2.00. The van der Waals surface area contributed by atoms with Gasteiger partial charge >= 0.3 is 0 Å². The number of aryl methyl sites for hydroxylation is 2. The molecule has 102 valence electrons. The van der Waals surface area contributed by atoms with E-state index >= 15 is 0 Å². The van der Waals surface area contributed by atoms with Crippen molar-refractivity contribution in [3.63, 3.8) is 0 Å². The molecule has 0 saturated carbocycles. The Morgan fingerprint density at radius 2 is 1.89 bits per heavy atom. The van der Waals surface area contributed by atoms with Crippen LogP contribution in [0.5, 0.6) is 5.75 Å². The highest BCUT2D eigenvalue weighted by molar-refractivity contribution is 5.44. The highest BCUT2D eigenvalue weighted by atomic mass is 16.5. The van der Waals surface area contributed by atoms with E-state index < -0.39 is 0 Å². The predicted octanol–water partition coefficient (Wildman–Crippen LogP) is 3.37. The lowest BCUT2D eigenvalue weighted by Crippen LogP contribution is -2.20. The number of furan rings is 1. The minimum atomic E-state index is 0.670. The molecular weight excluding hydrogens is 238 g/mol. The fourth-order valence-electron chi connectivity index (χ4n) is 2.00. The molecule has 0 aliphatic carbocycles. The van der Waals surface area contributed by atoms with Gasteiger partial charge in [0, 0.05) is 18.7 Å². The van der Waals surface area contributed by atoms with Crippen molar-refractivity contribution in [1.82, 2.24) is 5.32 Å². The lowest BCUT2D eigenvalue weighted by molar-refractivity contribution is 0.309. The summed E-state index contributed by atoms with van der Waals surface area (Å²) in [7, 11) is 0. The molecule has 0 aliphatic heterocycles. The Morgan fingerprint density at radius 3 is 2.63 bits per heavy atom. The molecule has 2 rings (SSSR count). The van der Waals surface area contributed by atoms with Crippen LogP contribution in [0.2, 0.25) is 0 Å². The van der Waals surface area contributed by atoms with E-state index in [4.69, 9.17) is 9.15 Å². The van der Waals surface area contributed by atoms with Crippen LogP contribution < -0.4 is 10.1 Å². The topological polar surface area (TPSA) is 34.4 Å². The van der Waals surface area contributed by atoms with Crippen LogP contribution in [0.3, 0.4) is 0 Å². The highest BCUT2D eigenvalue weighted by Gasteiger charge is 2.05. The number of hydrogen-bond donors (Lipinski definition) is 1. The maximum absolute atomic E-state index is 5.88. The molecule has 1 aromatic carbocycles. The molecule has 1 aromatic heterocycles. The maximum Gasteiger partial charge on any atom is 0.125 e. The van der Waals surface area contributed by atoms with Crippen molar-refractivity contribution in [1.29, 1.82) is 0 Å². The second-order valence-corrected chi connectivity index (χ2v) is 4.81. The molecule has 0 amide bonds. The summed E-state index contributed by atoms with van der Waals surface area (Å²) in [6.45, 7) is 8.60. The first-order valence-corrected chi connectivity index (χ1v) is 6.60. The summed E-state index contributed by atoms with van der Waals surface area (Å²) in [4.78, 5) is 0. The van der Waals surface area contributed by atoms with Gasteiger partial charge in [-0.25, -0.2) is 0 Å². The minimum absolute atomic E-state index is 0.670. The van der Waals surface area contributed by atoms with Crippen molar-refractivity contribution in [3.8, 4) is 5.75 Å². The third-order valence-electron chi connectivity index (χ3n) is 3.31. The average Bonchev–Trinajstić information content (AvgIpc) is 2.90. The van der Waals surface area contributed by atoms with Crippen LogP contribution in [-0.2, 0) is 6.54 Å². The van der Waals surface area contributed by atoms with E-state index in [9.17, 15) is 0 Å². The first-order chi connectivity index (χ1) is 9.18. The molecule has 0 unspecified atom stereocenters. The second kappa shape index (κ2) is 6.43. The van der Waals surface area contributed by atoms with Gasteiger partial charge in [-0.05, 0) is 43.5 Å². The van der Waals surface area contributed by atoms with Crippen molar-refractivity contribution >= 4 is 0 Å². The molecule has 1 N–H and O–H groups in total. The zero-order valence-electron chi connectivity index (χ0n) is 11.8. The van der Waals surface area contributed by atoms with Gasteiger partial charge in [0.25, 0.3) is 0 Å². The van der Waals surface area contributed by atoms with Crippen LogP contribution in [0.1, 0.15) is 22.3 Å². The van der Waals surface area contributed by atoms with Gasteiger partial charge in [0.15, 0.2) is 0 Å². The van der Waals surface area contributed by atoms with Crippen molar-refractivity contribution < 1.29 is 9.15 Å². The SMILES string of the molecule is Cc1ccc(C)c(OCCNCc2ccoc2)c1C. The van der Waals surface area contributed by atoms with Crippen LogP contribution in [0.4, 0.5) is 0 Å². The Morgan fingerprint density at radius 1 is 1.11 bits per heavy atom. The summed E-state index contributed by atoms with van der Waals surface area (Å²) in [5.41, 5.74) is 4.85. The van der Waals surface area contributed by atoms with Gasteiger partial charge in [-0.15, -0.1) is 0 Å². The number of hydrogen-bond acceptors (Lipinski definition) is 3. The Kier molecular flexibility index (Phi) is 4.63. The van der Waals surface area contributed by atoms with Gasteiger partial charge in [-0.3, -0.25) is 0 Å². The van der Waals surface area contributed by atoms with Crippen LogP contribution in [0.15, 0.2) is 35.1 Å². The Bertz CT molecular complexity index is 518. The quantitative estimate of drug-likeness (QED) is 0.808. The molecule has 2 aromatic rings. The molecular formula is C16H21NO2. The Labute approximate surface area is 114 Å². The first-order valence-electron chi connectivity index (χ1n) is 6.60. The molecule has 0 aliphatic rings. The smallest absolute Gasteiger partial charge is 0.125 e. The van der Waals surface area contributed by atoms with Gasteiger partial charge in [-0.2, -0.15) is 0 Å². The molecule has 0 spiro atoms. The first kappa shape index (κ1) is 13.7. The predicted molar refractivity (Wildman–Crippen MR) is 76.6 cm³/mol. The summed E-state index contributed by atoms with van der Waals surface area (Å²) in [6.07, 6.45) is 3.44. The van der Waals surface area contributed by atoms with E-state index in [-0.39, 0.29) is 0 Å². The Balaban J connectivity index is 1.78. The fraction of sp³-hybridized carbons (Fsp3) is 0.375. The van der Waals surface area contributed by atoms with Crippen molar-refractivity contribution in [2.45, 2.75) is 27.3 Å². The van der Waals surface area contributed by atoms with Crippen LogP contribution in [0, 0.1) is 20.8 Å². The number of ether oxygens (including phenoxy) is 1. The van der Waals surface area contributed by atoms with E-state index in [2.05, 4.69) is 38.2 Å². The van der Waals surface area contributed by atoms with Crippen molar-refractivity contribution in [3.05, 3.63) is 53.0 Å². The van der Waals surface area contributed by atoms with Crippen LogP contribution in [-0.4, -0.2) is 13.2 Å². The summed E-state index contributed by atoms with van der Waals surface area (Å²) in [5.74, 6) is 1.02. The van der Waals surface area contributed by atoms with Crippen molar-refractivity contribution in [2.75, 3.05) is 13.2 Å². The largest absolute Gasteiger partial charge is 0.492 e. The van der Waals surface area contributed by atoms with Gasteiger partial charge in [-0.1, -0.05) is 12.1 Å². The molecule has 3 heteroatoms. The highest BCUT2D eigenvalue weighted by Crippen LogP contribution is 2.25. The molecule has 19 heavy (non-hydrogen) atoms. The van der Waals surface area contributed by atoms with Crippen molar-refractivity contribution in [2.24, 2.45) is 0 Å². The van der Waals surface area contributed by atoms with Crippen LogP contribution >= 0.6 is 0 Å². The molecule has 0 radical (unpaired) electrons. The van der Waals surface area contributed by atoms with E-state index in [1.807, 2.05) is 6.07 Å². The summed E-state index contributed by atoms with van der Waals surface area (Å²) in [6, 6.07) is 6.20. The lowest BCUT2D eigenvalue weighted by Gasteiger charge is -2.14. The molecule has 0 atom stereocenters. The molecule has 3 nitrogen and oxygen atoms in total. The molecule has 1 heterocycles. The van der Waals surface area contributed by atoms with Gasteiger partial charge in [0.05, 0.1) is 12.5 Å². The summed E-state index contributed by atoms with van der Waals surface area (Å²) >= 11 is 0. The molecule has 0 saturated heterocycles. The Hall–Kier alpha value is -1.74. The summed E-state index contributed by atoms with van der Waals surface area (Å²) < 4.78 is 10.9. The molecule has 0 bridgehead atoms. The third-order valence-corrected chi connectivity index (χ3v) is 3.31. The normalized spacial score (nSPS) is 10.7. The standard InChI is InChI=1S/C16H21NO2/c1-12-4-5-13(2)16(14(12)3)19-9-7-17-10-15-6-8-18-11-15/h4-6,8,11,17H,7,9-10H2,1-3H3. The zero-order valence-corrected chi connectivity index (χ0v) is 11.8. The second-order valence-electron chi connectivity index (χ2n) is 4.81. The lowest BCUT2D eigenvalue weighted by atomic mass is 10.1. The number of rotatable bonds is 6. The monoisotopic (exact) mass is 259 g/mol. The molecule has 0 fully saturated rings. The van der Waals surface area contributed by atoms with E-state index in [0.29, 0.717) is 6.61 Å². The van der Waals surface area contributed by atoms with E-state index in [0.717, 1.165) is 24.4 Å². The number of nitrogens with one attached hydrogen (secondary N) is 1. The third kappa shape index (κ3) is 3.61. The van der Waals surface area contributed by atoms with Crippen LogP contribution in [0.25, 0.3) is 0 Å². The van der Waals surface area contributed by atoms with Gasteiger partial charge < -0.3 is 14.5 Å². The van der Waals surface area contributed by atoms with Gasteiger partial charge in [0.1, 0.15) is 12.4 Å². The minimum Gasteiger partial charge on any atom is -0.492 e.